The molecule has 0 aliphatic carbocycles. The maximum Gasteiger partial charge on any atom is 0.243 e. The maximum absolute atomic E-state index is 12.4. The molecule has 0 radical (unpaired) electrons. The topological polar surface area (TPSA) is 114 Å². The second-order valence-corrected chi connectivity index (χ2v) is 8.80. The molecule has 0 atom stereocenters. The summed E-state index contributed by atoms with van der Waals surface area (Å²) in [6.45, 7) is 10.1. The zero-order valence-corrected chi connectivity index (χ0v) is 15.6. The summed E-state index contributed by atoms with van der Waals surface area (Å²) in [6.07, 6.45) is 2.44. The summed E-state index contributed by atoms with van der Waals surface area (Å²) in [5.41, 5.74) is 0.255. The Labute approximate surface area is 142 Å². The van der Waals surface area contributed by atoms with E-state index in [1.807, 2.05) is 34.6 Å². The smallest absolute Gasteiger partial charge is 0.243 e. The number of aromatic nitrogens is 4. The van der Waals surface area contributed by atoms with Gasteiger partial charge >= 0.3 is 0 Å². The molecule has 0 saturated carbocycles. The molecule has 0 amide bonds. The molecule has 0 aliphatic rings. The first-order valence-corrected chi connectivity index (χ1v) is 9.45. The molecule has 0 aromatic carbocycles. The van der Waals surface area contributed by atoms with Gasteiger partial charge in [0.15, 0.2) is 5.82 Å². The van der Waals surface area contributed by atoms with E-state index in [-0.39, 0.29) is 22.8 Å². The monoisotopic (exact) mass is 355 g/mol. The van der Waals surface area contributed by atoms with E-state index < -0.39 is 10.0 Å². The molecule has 2 aromatic heterocycles. The Morgan fingerprint density at radius 3 is 2.62 bits per heavy atom. The first kappa shape index (κ1) is 18.6. The third kappa shape index (κ3) is 4.41. The van der Waals surface area contributed by atoms with Crippen molar-refractivity contribution in [2.75, 3.05) is 6.54 Å². The van der Waals surface area contributed by atoms with Crippen LogP contribution in [0.1, 0.15) is 64.4 Å². The highest BCUT2D eigenvalue weighted by atomic mass is 32.2. The Balaban J connectivity index is 1.93. The largest absolute Gasteiger partial charge is 0.339 e. The van der Waals surface area contributed by atoms with Crippen molar-refractivity contribution in [1.29, 1.82) is 0 Å². The van der Waals surface area contributed by atoms with E-state index in [1.165, 1.54) is 6.20 Å². The van der Waals surface area contributed by atoms with E-state index in [4.69, 9.17) is 4.52 Å². The Hall–Kier alpha value is -1.74. The SMILES string of the molecule is CC(C)c1noc(CCCNS(=O)(=O)c2cn[nH]c2C(C)(C)C)n1. The third-order valence-electron chi connectivity index (χ3n) is 3.50. The summed E-state index contributed by atoms with van der Waals surface area (Å²) in [5.74, 6) is 1.40. The number of hydrogen-bond acceptors (Lipinski definition) is 6. The number of sulfonamides is 1. The van der Waals surface area contributed by atoms with Gasteiger partial charge in [-0.25, -0.2) is 13.1 Å². The van der Waals surface area contributed by atoms with Crippen LogP contribution >= 0.6 is 0 Å². The van der Waals surface area contributed by atoms with Gasteiger partial charge in [-0.2, -0.15) is 10.1 Å². The number of rotatable bonds is 7. The highest BCUT2D eigenvalue weighted by Gasteiger charge is 2.27. The molecule has 0 aliphatic heterocycles. The number of H-pyrrole nitrogens is 1. The van der Waals surface area contributed by atoms with Gasteiger partial charge in [0.25, 0.3) is 0 Å². The van der Waals surface area contributed by atoms with Crippen LogP contribution in [-0.2, 0) is 21.9 Å². The van der Waals surface area contributed by atoms with Crippen LogP contribution in [0.4, 0.5) is 0 Å². The summed E-state index contributed by atoms with van der Waals surface area (Å²) >= 11 is 0. The number of nitrogens with zero attached hydrogens (tertiary/aromatic N) is 3. The zero-order valence-electron chi connectivity index (χ0n) is 14.8. The van der Waals surface area contributed by atoms with Gasteiger partial charge in [-0.1, -0.05) is 39.8 Å². The molecule has 0 unspecified atom stereocenters. The molecule has 2 aromatic rings. The third-order valence-corrected chi connectivity index (χ3v) is 4.98. The fourth-order valence-electron chi connectivity index (χ4n) is 2.14. The Morgan fingerprint density at radius 1 is 1.33 bits per heavy atom. The molecule has 2 heterocycles. The van der Waals surface area contributed by atoms with Crippen molar-refractivity contribution in [2.24, 2.45) is 0 Å². The molecule has 0 spiro atoms. The Kier molecular flexibility index (Phi) is 5.44. The van der Waals surface area contributed by atoms with Gasteiger partial charge in [0.2, 0.25) is 15.9 Å². The lowest BCUT2D eigenvalue weighted by molar-refractivity contribution is 0.368. The average Bonchev–Trinajstić information content (AvgIpc) is 3.12. The second kappa shape index (κ2) is 7.02. The van der Waals surface area contributed by atoms with Gasteiger partial charge < -0.3 is 4.52 Å². The van der Waals surface area contributed by atoms with Gasteiger partial charge in [0, 0.05) is 24.3 Å². The molecule has 8 nitrogen and oxygen atoms in total. The fraction of sp³-hybridized carbons (Fsp3) is 0.667. The van der Waals surface area contributed by atoms with Crippen LogP contribution in [0.15, 0.2) is 15.6 Å². The minimum absolute atomic E-state index is 0.190. The summed E-state index contributed by atoms with van der Waals surface area (Å²) in [4.78, 5) is 4.46. The number of nitrogens with one attached hydrogen (secondary N) is 2. The average molecular weight is 355 g/mol. The van der Waals surface area contributed by atoms with E-state index in [0.29, 0.717) is 30.3 Å². The first-order chi connectivity index (χ1) is 11.1. The molecule has 0 saturated heterocycles. The lowest BCUT2D eigenvalue weighted by Crippen LogP contribution is -2.27. The van der Waals surface area contributed by atoms with Crippen molar-refractivity contribution in [3.8, 4) is 0 Å². The van der Waals surface area contributed by atoms with Crippen molar-refractivity contribution >= 4 is 10.0 Å². The molecular weight excluding hydrogens is 330 g/mol. The van der Waals surface area contributed by atoms with Gasteiger partial charge in [0.1, 0.15) is 4.90 Å². The van der Waals surface area contributed by atoms with E-state index >= 15 is 0 Å². The van der Waals surface area contributed by atoms with Gasteiger partial charge in [-0.3, -0.25) is 5.10 Å². The fourth-order valence-corrected chi connectivity index (χ4v) is 3.52. The molecular formula is C15H25N5O3S. The zero-order chi connectivity index (χ0) is 18.0. The molecule has 24 heavy (non-hydrogen) atoms. The molecule has 0 bridgehead atoms. The van der Waals surface area contributed by atoms with Gasteiger partial charge in [0.05, 0.1) is 11.9 Å². The Morgan fingerprint density at radius 2 is 2.04 bits per heavy atom. The standard InChI is InChI=1S/C15H25N5O3S/c1-10(2)14-18-12(23-20-14)7-6-8-17-24(21,22)11-9-16-19-13(11)15(3,4)5/h9-10,17H,6-8H2,1-5H3,(H,16,19). The van der Waals surface area contributed by atoms with Crippen molar-refractivity contribution in [3.05, 3.63) is 23.6 Å². The van der Waals surface area contributed by atoms with Crippen LogP contribution in [0.25, 0.3) is 0 Å². The highest BCUT2D eigenvalue weighted by molar-refractivity contribution is 7.89. The maximum atomic E-state index is 12.4. The summed E-state index contributed by atoms with van der Waals surface area (Å²) in [7, 11) is -3.60. The van der Waals surface area contributed by atoms with Crippen LogP contribution in [0.5, 0.6) is 0 Å². The van der Waals surface area contributed by atoms with E-state index in [1.54, 1.807) is 0 Å². The van der Waals surface area contributed by atoms with Crippen molar-refractivity contribution < 1.29 is 12.9 Å². The number of aromatic amines is 1. The molecule has 9 heteroatoms. The van der Waals surface area contributed by atoms with Crippen LogP contribution < -0.4 is 4.72 Å². The Bertz CT molecular complexity index is 771. The van der Waals surface area contributed by atoms with Crippen LogP contribution in [-0.4, -0.2) is 35.3 Å². The molecule has 0 fully saturated rings. The minimum atomic E-state index is -3.60. The molecule has 2 rings (SSSR count). The van der Waals surface area contributed by atoms with Crippen molar-refractivity contribution in [1.82, 2.24) is 25.1 Å². The normalized spacial score (nSPS) is 12.9. The minimum Gasteiger partial charge on any atom is -0.339 e. The highest BCUT2D eigenvalue weighted by Crippen LogP contribution is 2.26. The van der Waals surface area contributed by atoms with E-state index in [9.17, 15) is 8.42 Å². The lowest BCUT2D eigenvalue weighted by Gasteiger charge is -2.18. The quantitative estimate of drug-likeness (QED) is 0.735. The molecule has 134 valence electrons. The number of aryl methyl sites for hydroxylation is 1. The summed E-state index contributed by atoms with van der Waals surface area (Å²) < 4.78 is 32.6. The molecule has 2 N–H and O–H groups in total. The van der Waals surface area contributed by atoms with Gasteiger partial charge in [-0.15, -0.1) is 0 Å². The van der Waals surface area contributed by atoms with Crippen molar-refractivity contribution in [3.63, 3.8) is 0 Å². The number of hydrogen-bond donors (Lipinski definition) is 2. The summed E-state index contributed by atoms with van der Waals surface area (Å²) in [5, 5.41) is 10.5. The van der Waals surface area contributed by atoms with Crippen LogP contribution in [0, 0.1) is 0 Å². The van der Waals surface area contributed by atoms with Crippen LogP contribution in [0.3, 0.4) is 0 Å². The predicted octanol–water partition coefficient (Wildman–Crippen LogP) is 2.12. The van der Waals surface area contributed by atoms with Crippen LogP contribution in [0.2, 0.25) is 0 Å². The van der Waals surface area contributed by atoms with E-state index in [0.717, 1.165) is 0 Å². The summed E-state index contributed by atoms with van der Waals surface area (Å²) in [6, 6.07) is 0. The lowest BCUT2D eigenvalue weighted by atomic mass is 9.92. The van der Waals surface area contributed by atoms with Crippen molar-refractivity contribution in [2.45, 2.75) is 63.7 Å². The van der Waals surface area contributed by atoms with E-state index in [2.05, 4.69) is 25.1 Å². The first-order valence-electron chi connectivity index (χ1n) is 7.97. The predicted molar refractivity (Wildman–Crippen MR) is 89.2 cm³/mol. The van der Waals surface area contributed by atoms with Gasteiger partial charge in [-0.05, 0) is 6.42 Å². The second-order valence-electron chi connectivity index (χ2n) is 7.06.